The van der Waals surface area contributed by atoms with E-state index in [-0.39, 0.29) is 0 Å². The summed E-state index contributed by atoms with van der Waals surface area (Å²) in [5.41, 5.74) is -1.09. The molecule has 0 bridgehead atoms. The van der Waals surface area contributed by atoms with Crippen LogP contribution in [-0.2, 0) is 4.79 Å². The zero-order valence-corrected chi connectivity index (χ0v) is 8.46. The molecule has 0 aliphatic rings. The number of esters is 1. The molecule has 0 atom stereocenters. The first kappa shape index (κ1) is 14.3. The zero-order valence-electron chi connectivity index (χ0n) is 8.46. The molecule has 1 rings (SSSR count). The average Bonchev–Trinajstić information content (AvgIpc) is 2.28. The highest BCUT2D eigenvalue weighted by Gasteiger charge is 2.43. The quantitative estimate of drug-likeness (QED) is 0.341. The predicted molar refractivity (Wildman–Crippen MR) is 42.7 cm³/mol. The second-order valence-corrected chi connectivity index (χ2v) is 3.10. The summed E-state index contributed by atoms with van der Waals surface area (Å²) in [6.45, 7) is 0.659. The number of halogens is 7. The van der Waals surface area contributed by atoms with E-state index in [4.69, 9.17) is 0 Å². The number of rotatable bonds is 1. The number of carbonyl (C=O) groups excluding carboxylic acids is 1. The maximum absolute atomic E-state index is 13.0. The fourth-order valence-corrected chi connectivity index (χ4v) is 0.961. The summed E-state index contributed by atoms with van der Waals surface area (Å²) in [5.74, 6) is -13.4. The molecule has 0 heterocycles. The van der Waals surface area contributed by atoms with Gasteiger partial charge >= 0.3 is 12.1 Å². The van der Waals surface area contributed by atoms with Crippen LogP contribution in [0.25, 0.3) is 0 Å². The van der Waals surface area contributed by atoms with E-state index < -0.39 is 46.7 Å². The molecule has 2 nitrogen and oxygen atoms in total. The molecule has 0 aliphatic carbocycles. The number of ether oxygens (including phenoxy) is 1. The van der Waals surface area contributed by atoms with Gasteiger partial charge in [-0.3, -0.25) is 0 Å². The second kappa shape index (κ2) is 4.46. The van der Waals surface area contributed by atoms with Gasteiger partial charge in [0.2, 0.25) is 17.4 Å². The maximum atomic E-state index is 13.0. The molecule has 0 amide bonds. The van der Waals surface area contributed by atoms with Gasteiger partial charge in [-0.15, -0.1) is 0 Å². The van der Waals surface area contributed by atoms with E-state index in [0.717, 1.165) is 0 Å². The normalized spacial score (nSPS) is 11.6. The number of hydrogen-bond acceptors (Lipinski definition) is 2. The van der Waals surface area contributed by atoms with Crippen LogP contribution < -0.4 is 4.74 Å². The van der Waals surface area contributed by atoms with Crippen molar-refractivity contribution in [3.05, 3.63) is 28.8 Å². The highest BCUT2D eigenvalue weighted by molar-refractivity contribution is 5.78. The molecule has 100 valence electrons. The van der Waals surface area contributed by atoms with Crippen molar-refractivity contribution in [3.63, 3.8) is 0 Å². The van der Waals surface area contributed by atoms with Crippen molar-refractivity contribution in [2.75, 3.05) is 0 Å². The summed E-state index contributed by atoms with van der Waals surface area (Å²) in [6.07, 6.45) is -5.56. The van der Waals surface area contributed by atoms with Crippen LogP contribution in [0.5, 0.6) is 5.75 Å². The Labute approximate surface area is 95.0 Å². The Morgan fingerprint density at radius 3 is 1.67 bits per heavy atom. The Balaban J connectivity index is 3.31. The number of hydrogen-bond donors (Lipinski definition) is 0. The lowest BCUT2D eigenvalue weighted by molar-refractivity contribution is -0.190. The van der Waals surface area contributed by atoms with E-state index >= 15 is 0 Å². The van der Waals surface area contributed by atoms with Crippen LogP contribution in [0.4, 0.5) is 30.7 Å². The lowest BCUT2D eigenvalue weighted by Gasteiger charge is -2.10. The van der Waals surface area contributed by atoms with Crippen molar-refractivity contribution in [3.8, 4) is 5.75 Å². The standard InChI is InChI=1S/C9H3F7O2/c1-2-3(10)5(12)7(6(13)4(2)11)18-8(17)9(14,15)16/h1H3. The van der Waals surface area contributed by atoms with Crippen LogP contribution in [0, 0.1) is 30.2 Å². The lowest BCUT2D eigenvalue weighted by atomic mass is 10.2. The Bertz CT molecular complexity index is 478. The van der Waals surface area contributed by atoms with E-state index in [2.05, 4.69) is 4.74 Å². The van der Waals surface area contributed by atoms with Crippen LogP contribution in [-0.4, -0.2) is 12.1 Å². The molecule has 0 radical (unpaired) electrons. The van der Waals surface area contributed by atoms with Gasteiger partial charge in [0, 0.05) is 5.56 Å². The summed E-state index contributed by atoms with van der Waals surface area (Å²) in [5, 5.41) is 0. The molecule has 0 aromatic heterocycles. The molecule has 0 saturated carbocycles. The highest BCUT2D eigenvalue weighted by Crippen LogP contribution is 2.31. The monoisotopic (exact) mass is 276 g/mol. The second-order valence-electron chi connectivity index (χ2n) is 3.10. The smallest absolute Gasteiger partial charge is 0.413 e. The van der Waals surface area contributed by atoms with E-state index in [1.165, 1.54) is 0 Å². The van der Waals surface area contributed by atoms with Crippen molar-refractivity contribution < 1.29 is 40.3 Å². The third kappa shape index (κ3) is 2.39. The average molecular weight is 276 g/mol. The van der Waals surface area contributed by atoms with Crippen molar-refractivity contribution in [1.82, 2.24) is 0 Å². The Kier molecular flexibility index (Phi) is 3.54. The van der Waals surface area contributed by atoms with Gasteiger partial charge in [-0.2, -0.15) is 22.0 Å². The molecule has 0 fully saturated rings. The van der Waals surface area contributed by atoms with Gasteiger partial charge in [-0.1, -0.05) is 0 Å². The SMILES string of the molecule is Cc1c(F)c(F)c(OC(=O)C(F)(F)F)c(F)c1F. The summed E-state index contributed by atoms with van der Waals surface area (Å²) in [4.78, 5) is 10.3. The lowest BCUT2D eigenvalue weighted by Crippen LogP contribution is -2.29. The first-order valence-electron chi connectivity index (χ1n) is 4.19. The van der Waals surface area contributed by atoms with Gasteiger partial charge in [0.25, 0.3) is 0 Å². The summed E-state index contributed by atoms with van der Waals surface area (Å²) < 4.78 is 90.5. The summed E-state index contributed by atoms with van der Waals surface area (Å²) in [7, 11) is 0. The molecular formula is C9H3F7O2. The van der Waals surface area contributed by atoms with Crippen LogP contribution >= 0.6 is 0 Å². The van der Waals surface area contributed by atoms with Crippen molar-refractivity contribution in [2.24, 2.45) is 0 Å². The first-order valence-corrected chi connectivity index (χ1v) is 4.19. The number of benzene rings is 1. The molecular weight excluding hydrogens is 273 g/mol. The molecule has 1 aromatic carbocycles. The number of carbonyl (C=O) groups is 1. The molecule has 0 saturated heterocycles. The van der Waals surface area contributed by atoms with Crippen LogP contribution in [0.3, 0.4) is 0 Å². The minimum atomic E-state index is -5.56. The third-order valence-electron chi connectivity index (χ3n) is 1.87. The van der Waals surface area contributed by atoms with Crippen LogP contribution in [0.15, 0.2) is 0 Å². The molecule has 0 spiro atoms. The zero-order chi connectivity index (χ0) is 14.2. The number of alkyl halides is 3. The Hall–Kier alpha value is -1.80. The third-order valence-corrected chi connectivity index (χ3v) is 1.87. The van der Waals surface area contributed by atoms with Crippen molar-refractivity contribution >= 4 is 5.97 Å². The highest BCUT2D eigenvalue weighted by atomic mass is 19.4. The molecule has 0 N–H and O–H groups in total. The van der Waals surface area contributed by atoms with Crippen LogP contribution in [0.1, 0.15) is 5.56 Å². The minimum Gasteiger partial charge on any atom is -0.413 e. The van der Waals surface area contributed by atoms with Gasteiger partial charge in [-0.25, -0.2) is 13.6 Å². The summed E-state index contributed by atoms with van der Waals surface area (Å²) in [6, 6.07) is 0. The van der Waals surface area contributed by atoms with Gasteiger partial charge in [0.05, 0.1) is 0 Å². The topological polar surface area (TPSA) is 26.3 Å². The Morgan fingerprint density at radius 1 is 0.944 bits per heavy atom. The van der Waals surface area contributed by atoms with Gasteiger partial charge in [0.15, 0.2) is 11.6 Å². The largest absolute Gasteiger partial charge is 0.491 e. The van der Waals surface area contributed by atoms with Gasteiger partial charge in [-0.05, 0) is 6.92 Å². The fraction of sp³-hybridized carbons (Fsp3) is 0.222. The van der Waals surface area contributed by atoms with Gasteiger partial charge in [0.1, 0.15) is 0 Å². The Morgan fingerprint density at radius 2 is 1.33 bits per heavy atom. The predicted octanol–water partition coefficient (Wildman–Crippen LogP) is 3.02. The van der Waals surface area contributed by atoms with E-state index in [9.17, 15) is 35.5 Å². The maximum Gasteiger partial charge on any atom is 0.491 e. The van der Waals surface area contributed by atoms with E-state index in [0.29, 0.717) is 6.92 Å². The van der Waals surface area contributed by atoms with E-state index in [1.54, 1.807) is 0 Å². The molecule has 0 aliphatic heterocycles. The molecule has 18 heavy (non-hydrogen) atoms. The van der Waals surface area contributed by atoms with Gasteiger partial charge < -0.3 is 4.74 Å². The molecule has 1 aromatic rings. The summed E-state index contributed by atoms with van der Waals surface area (Å²) >= 11 is 0. The van der Waals surface area contributed by atoms with E-state index in [1.807, 2.05) is 0 Å². The fourth-order valence-electron chi connectivity index (χ4n) is 0.961. The van der Waals surface area contributed by atoms with Crippen molar-refractivity contribution in [1.29, 1.82) is 0 Å². The molecule has 9 heteroatoms. The van der Waals surface area contributed by atoms with Crippen LogP contribution in [0.2, 0.25) is 0 Å². The molecule has 0 unspecified atom stereocenters. The van der Waals surface area contributed by atoms with Crippen molar-refractivity contribution in [2.45, 2.75) is 13.1 Å². The minimum absolute atomic E-state index is 0.659. The first-order chi connectivity index (χ1) is 8.07.